The minimum absolute atomic E-state index is 0.264. The van der Waals surface area contributed by atoms with Crippen molar-refractivity contribution in [2.45, 2.75) is 25.8 Å². The van der Waals surface area contributed by atoms with Crippen LogP contribution in [0.5, 0.6) is 0 Å². The van der Waals surface area contributed by atoms with Crippen molar-refractivity contribution in [1.29, 1.82) is 0 Å². The van der Waals surface area contributed by atoms with Gasteiger partial charge in [0.1, 0.15) is 11.5 Å². The lowest BCUT2D eigenvalue weighted by molar-refractivity contribution is 0.0685. The highest BCUT2D eigenvalue weighted by Crippen LogP contribution is 2.41. The van der Waals surface area contributed by atoms with Gasteiger partial charge < -0.3 is 9.67 Å². The van der Waals surface area contributed by atoms with Crippen LogP contribution < -0.4 is 0 Å². The molecule has 1 aromatic heterocycles. The number of carbonyl (C=O) groups is 1. The Hall–Kier alpha value is -2.10. The molecule has 19 heavy (non-hydrogen) atoms. The lowest BCUT2D eigenvalue weighted by Gasteiger charge is -2.12. The average molecular weight is 259 g/mol. The highest BCUT2D eigenvalue weighted by atomic mass is 19.1. The Balaban J connectivity index is 2.17. The Kier molecular flexibility index (Phi) is 2.66. The summed E-state index contributed by atoms with van der Waals surface area (Å²) in [4.78, 5) is 11.3. The molecule has 0 bridgehead atoms. The normalized spacial score (nSPS) is 14.6. The van der Waals surface area contributed by atoms with Crippen LogP contribution >= 0.6 is 0 Å². The molecule has 1 fully saturated rings. The summed E-state index contributed by atoms with van der Waals surface area (Å²) in [6.07, 6.45) is 2.00. The van der Waals surface area contributed by atoms with Gasteiger partial charge in [-0.25, -0.2) is 9.18 Å². The second-order valence-electron chi connectivity index (χ2n) is 4.97. The van der Waals surface area contributed by atoms with Gasteiger partial charge >= 0.3 is 5.97 Å². The maximum Gasteiger partial charge on any atom is 0.352 e. The van der Waals surface area contributed by atoms with Gasteiger partial charge in [0.25, 0.3) is 0 Å². The number of hydrogen-bond donors (Lipinski definition) is 1. The average Bonchev–Trinajstić information content (AvgIpc) is 3.08. The van der Waals surface area contributed by atoms with Crippen molar-refractivity contribution in [3.63, 3.8) is 0 Å². The summed E-state index contributed by atoms with van der Waals surface area (Å²) in [5.41, 5.74) is 2.87. The molecule has 0 atom stereocenters. The first-order chi connectivity index (χ1) is 9.08. The van der Waals surface area contributed by atoms with Crippen LogP contribution in [0.15, 0.2) is 30.3 Å². The molecule has 1 aromatic carbocycles. The Morgan fingerprint density at radius 1 is 1.32 bits per heavy atom. The van der Waals surface area contributed by atoms with E-state index in [0.29, 0.717) is 5.69 Å². The number of aryl methyl sites for hydroxylation is 1. The molecule has 4 heteroatoms. The van der Waals surface area contributed by atoms with E-state index in [4.69, 9.17) is 0 Å². The minimum atomic E-state index is -0.919. The number of rotatable bonds is 3. The molecule has 0 spiro atoms. The van der Waals surface area contributed by atoms with Crippen molar-refractivity contribution in [3.8, 4) is 11.3 Å². The van der Waals surface area contributed by atoms with Gasteiger partial charge in [-0.2, -0.15) is 0 Å². The Bertz CT molecular complexity index is 656. The largest absolute Gasteiger partial charge is 0.477 e. The number of hydrogen-bond acceptors (Lipinski definition) is 1. The first-order valence-corrected chi connectivity index (χ1v) is 6.29. The molecule has 1 saturated carbocycles. The van der Waals surface area contributed by atoms with E-state index in [0.717, 1.165) is 29.7 Å². The quantitative estimate of drug-likeness (QED) is 0.914. The van der Waals surface area contributed by atoms with E-state index in [1.807, 2.05) is 17.6 Å². The second kappa shape index (κ2) is 4.23. The third-order valence-corrected chi connectivity index (χ3v) is 3.51. The maximum absolute atomic E-state index is 13.2. The zero-order valence-corrected chi connectivity index (χ0v) is 10.6. The predicted octanol–water partition coefficient (Wildman–Crippen LogP) is 3.64. The number of carboxylic acid groups (broad SMARTS) is 1. The molecule has 3 rings (SSSR count). The fraction of sp³-hybridized carbons (Fsp3) is 0.267. The number of nitrogens with zero attached hydrogens (tertiary/aromatic N) is 1. The summed E-state index contributed by atoms with van der Waals surface area (Å²) in [6, 6.07) is 8.29. The zero-order chi connectivity index (χ0) is 13.6. The molecule has 0 unspecified atom stereocenters. The minimum Gasteiger partial charge on any atom is -0.477 e. The van der Waals surface area contributed by atoms with Gasteiger partial charge in [0.05, 0.1) is 0 Å². The third kappa shape index (κ3) is 2.03. The molecule has 2 aromatic rings. The molecule has 1 aliphatic carbocycles. The second-order valence-corrected chi connectivity index (χ2v) is 4.97. The smallest absolute Gasteiger partial charge is 0.352 e. The monoisotopic (exact) mass is 259 g/mol. The lowest BCUT2D eigenvalue weighted by atomic mass is 10.1. The van der Waals surface area contributed by atoms with E-state index in [-0.39, 0.29) is 11.9 Å². The van der Waals surface area contributed by atoms with Crippen LogP contribution in [0.4, 0.5) is 4.39 Å². The lowest BCUT2D eigenvalue weighted by Crippen LogP contribution is -2.08. The fourth-order valence-electron chi connectivity index (χ4n) is 2.48. The fourth-order valence-corrected chi connectivity index (χ4v) is 2.48. The van der Waals surface area contributed by atoms with Gasteiger partial charge in [-0.1, -0.05) is 0 Å². The van der Waals surface area contributed by atoms with Crippen molar-refractivity contribution in [2.24, 2.45) is 0 Å². The van der Waals surface area contributed by atoms with Crippen LogP contribution in [0.25, 0.3) is 11.3 Å². The van der Waals surface area contributed by atoms with Crippen LogP contribution in [0.1, 0.15) is 34.9 Å². The molecular weight excluding hydrogens is 245 g/mol. The topological polar surface area (TPSA) is 42.2 Å². The highest BCUT2D eigenvalue weighted by Gasteiger charge is 2.30. The van der Waals surface area contributed by atoms with Crippen LogP contribution in [0.2, 0.25) is 0 Å². The Labute approximate surface area is 110 Å². The Morgan fingerprint density at radius 3 is 2.63 bits per heavy atom. The predicted molar refractivity (Wildman–Crippen MR) is 69.8 cm³/mol. The van der Waals surface area contributed by atoms with Gasteiger partial charge in [-0.15, -0.1) is 0 Å². The molecule has 0 saturated heterocycles. The van der Waals surface area contributed by atoms with Crippen molar-refractivity contribution in [1.82, 2.24) is 4.57 Å². The van der Waals surface area contributed by atoms with Crippen molar-refractivity contribution < 1.29 is 14.3 Å². The van der Waals surface area contributed by atoms with E-state index in [1.54, 1.807) is 12.1 Å². The molecule has 0 amide bonds. The molecular formula is C15H14FNO2. The molecule has 3 nitrogen and oxygen atoms in total. The SMILES string of the molecule is Cc1cc(F)ccc1-c1ccc(C(=O)O)n1C1CC1. The molecule has 0 aliphatic heterocycles. The highest BCUT2D eigenvalue weighted by molar-refractivity contribution is 5.88. The molecule has 0 radical (unpaired) electrons. The zero-order valence-electron chi connectivity index (χ0n) is 10.6. The van der Waals surface area contributed by atoms with Crippen LogP contribution in [0.3, 0.4) is 0 Å². The van der Waals surface area contributed by atoms with E-state index in [9.17, 15) is 14.3 Å². The number of halogens is 1. The summed E-state index contributed by atoms with van der Waals surface area (Å²) in [7, 11) is 0. The summed E-state index contributed by atoms with van der Waals surface area (Å²) in [5.74, 6) is -1.19. The van der Waals surface area contributed by atoms with E-state index in [2.05, 4.69) is 0 Å². The number of carboxylic acids is 1. The number of aromatic nitrogens is 1. The third-order valence-electron chi connectivity index (χ3n) is 3.51. The van der Waals surface area contributed by atoms with Gasteiger partial charge in [-0.3, -0.25) is 0 Å². The Morgan fingerprint density at radius 2 is 2.05 bits per heavy atom. The summed E-state index contributed by atoms with van der Waals surface area (Å²) in [6.45, 7) is 1.84. The van der Waals surface area contributed by atoms with E-state index < -0.39 is 5.97 Å². The molecule has 1 N–H and O–H groups in total. The van der Waals surface area contributed by atoms with Gasteiger partial charge in [0, 0.05) is 17.3 Å². The maximum atomic E-state index is 13.2. The molecule has 1 heterocycles. The summed E-state index contributed by atoms with van der Waals surface area (Å²) in [5, 5.41) is 9.24. The van der Waals surface area contributed by atoms with Crippen LogP contribution in [0, 0.1) is 12.7 Å². The first-order valence-electron chi connectivity index (χ1n) is 6.29. The molecule has 98 valence electrons. The van der Waals surface area contributed by atoms with Crippen LogP contribution in [-0.2, 0) is 0 Å². The summed E-state index contributed by atoms with van der Waals surface area (Å²) < 4.78 is 15.0. The van der Waals surface area contributed by atoms with Gasteiger partial charge in [-0.05, 0) is 55.7 Å². The van der Waals surface area contributed by atoms with Gasteiger partial charge in [0.2, 0.25) is 0 Å². The number of benzene rings is 1. The standard InChI is InChI=1S/C15H14FNO2/c1-9-8-10(16)2-5-12(9)13-6-7-14(15(18)19)17(13)11-3-4-11/h2,5-8,11H,3-4H2,1H3,(H,18,19). The van der Waals surface area contributed by atoms with Gasteiger partial charge in [0.15, 0.2) is 0 Å². The van der Waals surface area contributed by atoms with Crippen molar-refractivity contribution in [2.75, 3.05) is 0 Å². The first kappa shape index (κ1) is 12.0. The van der Waals surface area contributed by atoms with E-state index >= 15 is 0 Å². The van der Waals surface area contributed by atoms with Crippen LogP contribution in [-0.4, -0.2) is 15.6 Å². The molecule has 1 aliphatic rings. The number of aromatic carboxylic acids is 1. The van der Waals surface area contributed by atoms with Crippen molar-refractivity contribution in [3.05, 3.63) is 47.4 Å². The van der Waals surface area contributed by atoms with E-state index in [1.165, 1.54) is 12.1 Å². The van der Waals surface area contributed by atoms with Crippen molar-refractivity contribution >= 4 is 5.97 Å². The summed E-state index contributed by atoms with van der Waals surface area (Å²) >= 11 is 0.